The zero-order chi connectivity index (χ0) is 13.4. The van der Waals surface area contributed by atoms with Gasteiger partial charge in [-0.3, -0.25) is 4.79 Å². The van der Waals surface area contributed by atoms with Gasteiger partial charge in [-0.05, 0) is 13.3 Å². The summed E-state index contributed by atoms with van der Waals surface area (Å²) in [6.07, 6.45) is 0.317. The van der Waals surface area contributed by atoms with Crippen LogP contribution in [-0.2, 0) is 31.3 Å². The van der Waals surface area contributed by atoms with E-state index in [9.17, 15) is 14.7 Å². The molecule has 0 saturated heterocycles. The molecule has 7 heteroatoms. The van der Waals surface area contributed by atoms with Gasteiger partial charge < -0.3 is 25.2 Å². The molecule has 0 bridgehead atoms. The third-order valence-corrected chi connectivity index (χ3v) is 1.18. The van der Waals surface area contributed by atoms with Crippen LogP contribution in [0, 0.1) is 5.92 Å². The molecule has 0 saturated carbocycles. The Bertz CT molecular complexity index is 126. The van der Waals surface area contributed by atoms with Crippen LogP contribution < -0.4 is 20.4 Å². The van der Waals surface area contributed by atoms with Crippen LogP contribution in [-0.4, -0.2) is 33.1 Å². The Morgan fingerprint density at radius 2 is 1.25 bits per heavy atom. The molecular weight excluding hydrogens is 252 g/mol. The zero-order valence-corrected chi connectivity index (χ0v) is 11.8. The second kappa shape index (κ2) is 29.3. The smallest absolute Gasteiger partial charge is 0.857 e. The monoisotopic (exact) mass is 270 g/mol. The van der Waals surface area contributed by atoms with Crippen LogP contribution in [0.15, 0.2) is 0 Å². The van der Waals surface area contributed by atoms with Gasteiger partial charge in [-0.1, -0.05) is 6.92 Å². The predicted octanol–water partition coefficient (Wildman–Crippen LogP) is -3.72. The van der Waals surface area contributed by atoms with E-state index in [1.165, 1.54) is 6.92 Å². The SMILES string of the molecule is CCC(C(C)=O)C(=O)[O-].C[O-].C[O-].C[O-].[Ti+4]. The van der Waals surface area contributed by atoms with Crippen LogP contribution in [0.4, 0.5) is 0 Å². The predicted molar refractivity (Wildman–Crippen MR) is 47.2 cm³/mol. The summed E-state index contributed by atoms with van der Waals surface area (Å²) < 4.78 is 0. The van der Waals surface area contributed by atoms with Gasteiger partial charge in [0.15, 0.2) is 0 Å². The Labute approximate surface area is 111 Å². The standard InChI is InChI=1S/C6H10O3.3CH3O.Ti/c1-3-5(4(2)7)6(8)9;3*1-2;/h5H,3H2,1-2H3,(H,8,9);3*1H3;/q;3*-1;+4/p-1. The number of carbonyl (C=O) groups is 2. The maximum atomic E-state index is 10.4. The number of carboxylic acid groups (broad SMARTS) is 1. The van der Waals surface area contributed by atoms with E-state index >= 15 is 0 Å². The summed E-state index contributed by atoms with van der Waals surface area (Å²) in [6.45, 7) is 2.89. The van der Waals surface area contributed by atoms with E-state index in [1.54, 1.807) is 6.92 Å². The quantitative estimate of drug-likeness (QED) is 0.383. The molecule has 94 valence electrons. The van der Waals surface area contributed by atoms with Gasteiger partial charge in [-0.25, -0.2) is 0 Å². The first-order valence-corrected chi connectivity index (χ1v) is 4.03. The number of hydrogen-bond donors (Lipinski definition) is 0. The Morgan fingerprint density at radius 1 is 1.00 bits per heavy atom. The van der Waals surface area contributed by atoms with Gasteiger partial charge >= 0.3 is 21.7 Å². The molecule has 16 heavy (non-hydrogen) atoms. The van der Waals surface area contributed by atoms with Gasteiger partial charge in [0.2, 0.25) is 0 Å². The molecule has 0 spiro atoms. The van der Waals surface area contributed by atoms with Crippen molar-refractivity contribution >= 4 is 11.8 Å². The average Bonchev–Trinajstić information content (AvgIpc) is 2.26. The molecule has 0 aliphatic rings. The van der Waals surface area contributed by atoms with Crippen LogP contribution in [0.1, 0.15) is 20.3 Å². The molecule has 0 aliphatic heterocycles. The normalized spacial score (nSPS) is 8.25. The molecule has 0 amide bonds. The minimum atomic E-state index is -1.27. The van der Waals surface area contributed by atoms with Crippen molar-refractivity contribution in [3.05, 3.63) is 0 Å². The first-order valence-electron chi connectivity index (χ1n) is 4.03. The van der Waals surface area contributed by atoms with Crippen molar-refractivity contribution in [3.8, 4) is 0 Å². The van der Waals surface area contributed by atoms with Crippen LogP contribution in [0.2, 0.25) is 0 Å². The summed E-state index contributed by atoms with van der Waals surface area (Å²) >= 11 is 0. The van der Waals surface area contributed by atoms with Gasteiger partial charge in [-0.2, -0.15) is 21.3 Å². The molecule has 1 atom stereocenters. The number of Topliss-reactive ketones (excluding diaryl/α,β-unsaturated/α-hetero) is 1. The fourth-order valence-electron chi connectivity index (χ4n) is 0.620. The summed E-state index contributed by atoms with van der Waals surface area (Å²) in [5.41, 5.74) is 0. The Hall–Kier alpha value is -0.266. The van der Waals surface area contributed by atoms with E-state index in [1.807, 2.05) is 0 Å². The summed E-state index contributed by atoms with van der Waals surface area (Å²) in [5, 5.41) is 34.8. The number of aliphatic carboxylic acids is 1. The van der Waals surface area contributed by atoms with Crippen LogP contribution in [0.25, 0.3) is 0 Å². The molecule has 0 aromatic rings. The largest absolute Gasteiger partial charge is 4.00 e. The van der Waals surface area contributed by atoms with E-state index < -0.39 is 11.9 Å². The molecule has 0 rings (SSSR count). The van der Waals surface area contributed by atoms with Gasteiger partial charge in [0.25, 0.3) is 0 Å². The third-order valence-electron chi connectivity index (χ3n) is 1.18. The van der Waals surface area contributed by atoms with E-state index in [0.29, 0.717) is 6.42 Å². The molecule has 6 nitrogen and oxygen atoms in total. The van der Waals surface area contributed by atoms with Crippen LogP contribution in [0.3, 0.4) is 0 Å². The summed E-state index contributed by atoms with van der Waals surface area (Å²) in [7, 11) is 2.25. The minimum absolute atomic E-state index is 0. The van der Waals surface area contributed by atoms with Gasteiger partial charge in [0.1, 0.15) is 5.78 Å². The number of carbonyl (C=O) groups excluding carboxylic acids is 2. The number of carboxylic acids is 1. The van der Waals surface area contributed by atoms with E-state index in [-0.39, 0.29) is 27.5 Å². The fraction of sp³-hybridized carbons (Fsp3) is 0.778. The Kier molecular flexibility index (Phi) is 54.3. The van der Waals surface area contributed by atoms with Gasteiger partial charge in [0.05, 0.1) is 11.9 Å². The molecular formula is C9H18O6Ti. The summed E-state index contributed by atoms with van der Waals surface area (Å²) in [6, 6.07) is 0. The molecule has 0 fully saturated rings. The first-order chi connectivity index (χ1) is 7.09. The molecule has 0 aromatic heterocycles. The number of ketones is 1. The topological polar surface area (TPSA) is 126 Å². The first kappa shape index (κ1) is 29.6. The summed E-state index contributed by atoms with van der Waals surface area (Å²) in [5.74, 6) is -2.52. The van der Waals surface area contributed by atoms with Crippen molar-refractivity contribution in [2.45, 2.75) is 20.3 Å². The molecule has 0 heterocycles. The van der Waals surface area contributed by atoms with Crippen LogP contribution in [0.5, 0.6) is 0 Å². The number of hydrogen-bond acceptors (Lipinski definition) is 6. The maximum absolute atomic E-state index is 10.4. The van der Waals surface area contributed by atoms with Gasteiger partial charge in [-0.15, -0.1) is 0 Å². The van der Waals surface area contributed by atoms with Crippen molar-refractivity contribution in [3.63, 3.8) is 0 Å². The zero-order valence-electron chi connectivity index (χ0n) is 10.2. The molecule has 0 aliphatic carbocycles. The van der Waals surface area contributed by atoms with Crippen LogP contribution >= 0.6 is 0 Å². The van der Waals surface area contributed by atoms with Crippen molar-refractivity contribution in [1.29, 1.82) is 0 Å². The third kappa shape index (κ3) is 23.5. The van der Waals surface area contributed by atoms with Crippen molar-refractivity contribution in [2.75, 3.05) is 21.3 Å². The van der Waals surface area contributed by atoms with Gasteiger partial charge in [0, 0.05) is 0 Å². The molecule has 1 unspecified atom stereocenters. The minimum Gasteiger partial charge on any atom is -0.857 e. The van der Waals surface area contributed by atoms with Crippen molar-refractivity contribution < 1.29 is 51.7 Å². The Morgan fingerprint density at radius 3 is 1.25 bits per heavy atom. The van der Waals surface area contributed by atoms with E-state index in [4.69, 9.17) is 15.3 Å². The average molecular weight is 270 g/mol. The second-order valence-electron chi connectivity index (χ2n) is 1.89. The van der Waals surface area contributed by atoms with Crippen molar-refractivity contribution in [2.24, 2.45) is 5.92 Å². The molecule has 0 radical (unpaired) electrons. The Balaban J connectivity index is -0.0000000498. The summed E-state index contributed by atoms with van der Waals surface area (Å²) in [4.78, 5) is 20.4. The molecule has 0 aromatic carbocycles. The van der Waals surface area contributed by atoms with Crippen molar-refractivity contribution in [1.82, 2.24) is 0 Å². The fourth-order valence-corrected chi connectivity index (χ4v) is 0.620. The second-order valence-corrected chi connectivity index (χ2v) is 1.89. The van der Waals surface area contributed by atoms with E-state index in [0.717, 1.165) is 21.3 Å². The number of rotatable bonds is 3. The molecule has 0 N–H and O–H groups in total. The maximum Gasteiger partial charge on any atom is 4.00 e. The van der Waals surface area contributed by atoms with E-state index in [2.05, 4.69) is 0 Å².